The molecule has 1 aliphatic rings. The van der Waals surface area contributed by atoms with Crippen LogP contribution in [0.2, 0.25) is 0 Å². The summed E-state index contributed by atoms with van der Waals surface area (Å²) in [6.45, 7) is 5.24. The van der Waals surface area contributed by atoms with Gasteiger partial charge in [0.05, 0.1) is 19.0 Å². The molecule has 1 aliphatic heterocycles. The number of nitrogens with one attached hydrogen (secondary N) is 1. The summed E-state index contributed by atoms with van der Waals surface area (Å²) < 4.78 is 28.0. The van der Waals surface area contributed by atoms with Gasteiger partial charge in [-0.2, -0.15) is 0 Å². The third-order valence-corrected chi connectivity index (χ3v) is 4.77. The van der Waals surface area contributed by atoms with Crippen molar-refractivity contribution >= 4 is 15.7 Å². The first-order valence-corrected chi connectivity index (χ1v) is 10.3. The Hall–Kier alpha value is -1.44. The molecule has 0 atom stereocenters. The number of unbranched alkanes of at least 4 members (excludes halogenated alkanes) is 1. The number of carbonyl (C=O) groups excluding carboxylic acids is 1. The summed E-state index contributed by atoms with van der Waals surface area (Å²) in [7, 11) is -3.10. The molecule has 0 radical (unpaired) electrons. The number of ether oxygens (including phenoxy) is 1. The molecule has 1 amide bonds. The molecule has 1 fully saturated rings. The van der Waals surface area contributed by atoms with Crippen LogP contribution >= 0.6 is 0 Å². The van der Waals surface area contributed by atoms with Crippen LogP contribution < -0.4 is 5.32 Å². The number of morpholine rings is 1. The number of sulfone groups is 1. The van der Waals surface area contributed by atoms with Crippen LogP contribution in [0.5, 0.6) is 0 Å². The molecule has 0 saturated carbocycles. The Morgan fingerprint density at radius 1 is 1.25 bits per heavy atom. The molecule has 1 saturated heterocycles. The molecule has 1 aromatic carbocycles. The molecule has 0 unspecified atom stereocenters. The van der Waals surface area contributed by atoms with Gasteiger partial charge in [0.2, 0.25) is 0 Å². The molecule has 134 valence electrons. The lowest BCUT2D eigenvalue weighted by Crippen LogP contribution is -2.37. The van der Waals surface area contributed by atoms with Gasteiger partial charge >= 0.3 is 0 Å². The Bertz CT molecular complexity index is 640. The van der Waals surface area contributed by atoms with E-state index in [4.69, 9.17) is 4.74 Å². The first-order chi connectivity index (χ1) is 11.4. The lowest BCUT2D eigenvalue weighted by molar-refractivity contribution is 0.0372. The van der Waals surface area contributed by atoms with Crippen molar-refractivity contribution < 1.29 is 17.9 Å². The lowest BCUT2D eigenvalue weighted by Gasteiger charge is -2.26. The first kappa shape index (κ1) is 18.9. The maximum absolute atomic E-state index is 12.1. The van der Waals surface area contributed by atoms with E-state index in [0.29, 0.717) is 17.7 Å². The number of carbonyl (C=O) groups is 1. The minimum Gasteiger partial charge on any atom is -0.379 e. The molecule has 24 heavy (non-hydrogen) atoms. The van der Waals surface area contributed by atoms with Gasteiger partial charge in [-0.25, -0.2) is 8.42 Å². The van der Waals surface area contributed by atoms with E-state index in [0.717, 1.165) is 45.7 Å². The topological polar surface area (TPSA) is 75.7 Å². The second-order valence-electron chi connectivity index (χ2n) is 6.19. The second kappa shape index (κ2) is 9.15. The third-order valence-electron chi connectivity index (χ3n) is 3.91. The minimum atomic E-state index is -3.10. The van der Waals surface area contributed by atoms with Crippen molar-refractivity contribution in [3.05, 3.63) is 35.4 Å². The Kier molecular flexibility index (Phi) is 7.20. The number of nitrogens with zero attached hydrogens (tertiary/aromatic N) is 1. The van der Waals surface area contributed by atoms with Crippen LogP contribution in [0.3, 0.4) is 0 Å². The van der Waals surface area contributed by atoms with Crippen LogP contribution in [0.4, 0.5) is 0 Å². The number of benzene rings is 1. The van der Waals surface area contributed by atoms with Gasteiger partial charge in [-0.05, 0) is 37.1 Å². The number of rotatable bonds is 8. The van der Waals surface area contributed by atoms with Crippen molar-refractivity contribution in [2.45, 2.75) is 18.6 Å². The van der Waals surface area contributed by atoms with Gasteiger partial charge in [-0.3, -0.25) is 9.69 Å². The maximum atomic E-state index is 12.1. The van der Waals surface area contributed by atoms with Crippen molar-refractivity contribution in [2.75, 3.05) is 45.6 Å². The third kappa shape index (κ3) is 6.98. The fourth-order valence-electron chi connectivity index (χ4n) is 2.69. The highest BCUT2D eigenvalue weighted by atomic mass is 32.2. The summed E-state index contributed by atoms with van der Waals surface area (Å²) in [4.78, 5) is 14.5. The summed E-state index contributed by atoms with van der Waals surface area (Å²) in [5.74, 6) is -0.204. The van der Waals surface area contributed by atoms with E-state index in [1.165, 1.54) is 6.26 Å². The van der Waals surface area contributed by atoms with Crippen LogP contribution in [0.1, 0.15) is 28.8 Å². The fourth-order valence-corrected chi connectivity index (χ4v) is 3.48. The normalized spacial score (nSPS) is 16.0. The lowest BCUT2D eigenvalue weighted by atomic mass is 10.1. The molecule has 0 aromatic heterocycles. The van der Waals surface area contributed by atoms with Crippen LogP contribution in [-0.2, 0) is 20.3 Å². The van der Waals surface area contributed by atoms with Crippen molar-refractivity contribution in [3.63, 3.8) is 0 Å². The summed E-state index contributed by atoms with van der Waals surface area (Å²) in [6, 6.07) is 6.78. The molecule has 1 aromatic rings. The van der Waals surface area contributed by atoms with E-state index in [2.05, 4.69) is 10.2 Å². The molecule has 7 heteroatoms. The van der Waals surface area contributed by atoms with E-state index >= 15 is 0 Å². The maximum Gasteiger partial charge on any atom is 0.251 e. The molecule has 1 heterocycles. The molecule has 0 aliphatic carbocycles. The predicted octanol–water partition coefficient (Wildman–Crippen LogP) is 1.07. The van der Waals surface area contributed by atoms with E-state index < -0.39 is 9.84 Å². The fraction of sp³-hybridized carbons (Fsp3) is 0.588. The zero-order valence-corrected chi connectivity index (χ0v) is 15.0. The molecule has 6 nitrogen and oxygen atoms in total. The van der Waals surface area contributed by atoms with Gasteiger partial charge in [-0.1, -0.05) is 12.1 Å². The Morgan fingerprint density at radius 2 is 2.00 bits per heavy atom. The van der Waals surface area contributed by atoms with Crippen LogP contribution in [0, 0.1) is 0 Å². The van der Waals surface area contributed by atoms with Crippen molar-refractivity contribution in [1.29, 1.82) is 0 Å². The molecule has 0 bridgehead atoms. The van der Waals surface area contributed by atoms with Crippen LogP contribution in [-0.4, -0.2) is 64.9 Å². The van der Waals surface area contributed by atoms with Gasteiger partial charge < -0.3 is 10.1 Å². The Labute approximate surface area is 144 Å². The quantitative estimate of drug-likeness (QED) is 0.707. The van der Waals surface area contributed by atoms with Crippen molar-refractivity contribution in [1.82, 2.24) is 10.2 Å². The second-order valence-corrected chi connectivity index (χ2v) is 8.33. The molecule has 0 spiro atoms. The van der Waals surface area contributed by atoms with Gasteiger partial charge in [0.15, 0.2) is 9.84 Å². The molecule has 2 rings (SSSR count). The Balaban J connectivity index is 1.71. The Morgan fingerprint density at radius 3 is 2.71 bits per heavy atom. The zero-order chi connectivity index (χ0) is 17.4. The van der Waals surface area contributed by atoms with E-state index in [1.54, 1.807) is 24.3 Å². The minimum absolute atomic E-state index is 0.0479. The summed E-state index contributed by atoms with van der Waals surface area (Å²) in [5, 5.41) is 2.90. The highest BCUT2D eigenvalue weighted by Crippen LogP contribution is 2.09. The average Bonchev–Trinajstić information content (AvgIpc) is 2.54. The summed E-state index contributed by atoms with van der Waals surface area (Å²) >= 11 is 0. The monoisotopic (exact) mass is 354 g/mol. The number of amides is 1. The molecular formula is C17H26N2O4S. The van der Waals surface area contributed by atoms with E-state index in [-0.39, 0.29) is 11.7 Å². The highest BCUT2D eigenvalue weighted by molar-refractivity contribution is 7.89. The van der Waals surface area contributed by atoms with Crippen LogP contribution in [0.25, 0.3) is 0 Å². The van der Waals surface area contributed by atoms with Gasteiger partial charge in [0.25, 0.3) is 5.91 Å². The largest absolute Gasteiger partial charge is 0.379 e. The first-order valence-electron chi connectivity index (χ1n) is 8.29. The zero-order valence-electron chi connectivity index (χ0n) is 14.2. The number of hydrogen-bond donors (Lipinski definition) is 1. The smallest absolute Gasteiger partial charge is 0.251 e. The summed E-state index contributed by atoms with van der Waals surface area (Å²) in [6.07, 6.45) is 3.15. The molecular weight excluding hydrogens is 328 g/mol. The van der Waals surface area contributed by atoms with E-state index in [1.807, 2.05) is 0 Å². The number of hydrogen-bond acceptors (Lipinski definition) is 5. The van der Waals surface area contributed by atoms with Crippen molar-refractivity contribution in [2.24, 2.45) is 0 Å². The standard InChI is InChI=1S/C17H26N2O4S/c1-24(21,22)14-15-5-4-6-16(13-15)17(20)18-7-2-3-8-19-9-11-23-12-10-19/h4-6,13H,2-3,7-12,14H2,1H3,(H,18,20). The van der Waals surface area contributed by atoms with Gasteiger partial charge in [-0.15, -0.1) is 0 Å². The SMILES string of the molecule is CS(=O)(=O)Cc1cccc(C(=O)NCCCCN2CCOCC2)c1. The van der Waals surface area contributed by atoms with Gasteiger partial charge in [0, 0.05) is 31.5 Å². The van der Waals surface area contributed by atoms with Crippen LogP contribution in [0.15, 0.2) is 24.3 Å². The highest BCUT2D eigenvalue weighted by Gasteiger charge is 2.11. The predicted molar refractivity (Wildman–Crippen MR) is 93.8 cm³/mol. The van der Waals surface area contributed by atoms with E-state index in [9.17, 15) is 13.2 Å². The molecule has 1 N–H and O–H groups in total. The van der Waals surface area contributed by atoms with Crippen molar-refractivity contribution in [3.8, 4) is 0 Å². The summed E-state index contributed by atoms with van der Waals surface area (Å²) in [5.41, 5.74) is 1.14. The average molecular weight is 354 g/mol. The van der Waals surface area contributed by atoms with Gasteiger partial charge in [0.1, 0.15) is 0 Å².